The Bertz CT molecular complexity index is 302. The molecule has 0 aliphatic rings. The number of ether oxygens (including phenoxy) is 1. The van der Waals surface area contributed by atoms with Gasteiger partial charge in [-0.25, -0.2) is 0 Å². The van der Waals surface area contributed by atoms with Crippen LogP contribution in [-0.2, 0) is 0 Å². The number of nitrogens with one attached hydrogen (secondary N) is 1. The minimum atomic E-state index is 0.732. The summed E-state index contributed by atoms with van der Waals surface area (Å²) in [6.07, 6.45) is 4.57. The number of nitrogens with zero attached hydrogens (tertiary/aromatic N) is 2. The third-order valence-electron chi connectivity index (χ3n) is 2.11. The highest BCUT2D eigenvalue weighted by Crippen LogP contribution is 2.15. The van der Waals surface area contributed by atoms with Crippen LogP contribution in [0.5, 0.6) is 5.75 Å². The normalized spacial score (nSPS) is 10.5. The molecule has 0 spiro atoms. The molecule has 0 atom stereocenters. The summed E-state index contributed by atoms with van der Waals surface area (Å²) in [5.41, 5.74) is 1.01. The monoisotopic (exact) mass is 223 g/mol. The van der Waals surface area contributed by atoms with Crippen LogP contribution in [0.2, 0.25) is 0 Å². The Morgan fingerprint density at radius 3 is 2.88 bits per heavy atom. The number of hydrogen-bond donors (Lipinski definition) is 1. The lowest BCUT2D eigenvalue weighted by molar-refractivity contribution is 0.281. The van der Waals surface area contributed by atoms with Crippen molar-refractivity contribution < 1.29 is 4.74 Å². The van der Waals surface area contributed by atoms with Crippen LogP contribution in [0.3, 0.4) is 0 Å². The number of anilines is 1. The zero-order valence-electron chi connectivity index (χ0n) is 10.4. The second-order valence-electron chi connectivity index (χ2n) is 3.94. The van der Waals surface area contributed by atoms with Crippen LogP contribution >= 0.6 is 0 Å². The van der Waals surface area contributed by atoms with Crippen LogP contribution in [0, 0.1) is 0 Å². The molecule has 0 saturated heterocycles. The Hall–Kier alpha value is -1.29. The van der Waals surface area contributed by atoms with Gasteiger partial charge in [0.25, 0.3) is 0 Å². The van der Waals surface area contributed by atoms with Gasteiger partial charge in [0.15, 0.2) is 0 Å². The van der Waals surface area contributed by atoms with E-state index in [-0.39, 0.29) is 0 Å². The Labute approximate surface area is 97.6 Å². The lowest BCUT2D eigenvalue weighted by Crippen LogP contribution is -2.15. The van der Waals surface area contributed by atoms with Gasteiger partial charge in [0.1, 0.15) is 5.75 Å². The van der Waals surface area contributed by atoms with Crippen LogP contribution in [0.15, 0.2) is 18.5 Å². The van der Waals surface area contributed by atoms with Gasteiger partial charge in [-0.05, 0) is 27.4 Å². The van der Waals surface area contributed by atoms with Crippen LogP contribution in [0.1, 0.15) is 13.3 Å². The van der Waals surface area contributed by atoms with Crippen molar-refractivity contribution >= 4 is 5.69 Å². The highest BCUT2D eigenvalue weighted by Gasteiger charge is 1.97. The van der Waals surface area contributed by atoms with Crippen molar-refractivity contribution in [1.29, 1.82) is 0 Å². The minimum absolute atomic E-state index is 0.732. The van der Waals surface area contributed by atoms with Gasteiger partial charge in [-0.15, -0.1) is 0 Å². The van der Waals surface area contributed by atoms with Gasteiger partial charge < -0.3 is 15.0 Å². The van der Waals surface area contributed by atoms with E-state index in [1.165, 1.54) is 0 Å². The van der Waals surface area contributed by atoms with Crippen LogP contribution in [0.4, 0.5) is 5.69 Å². The first-order chi connectivity index (χ1) is 7.72. The van der Waals surface area contributed by atoms with Crippen molar-refractivity contribution in [3.8, 4) is 5.75 Å². The van der Waals surface area contributed by atoms with E-state index in [0.717, 1.165) is 37.6 Å². The predicted octanol–water partition coefficient (Wildman–Crippen LogP) is 1.84. The molecule has 1 aromatic rings. The molecule has 16 heavy (non-hydrogen) atoms. The molecule has 0 aromatic carbocycles. The molecular formula is C12H21N3O. The SMILES string of the molecule is CCNc1cncc(OCCCN(C)C)c1. The molecule has 0 unspecified atom stereocenters. The first-order valence-corrected chi connectivity index (χ1v) is 5.69. The molecular weight excluding hydrogens is 202 g/mol. The van der Waals surface area contributed by atoms with Gasteiger partial charge >= 0.3 is 0 Å². The van der Waals surface area contributed by atoms with E-state index in [2.05, 4.69) is 36.2 Å². The van der Waals surface area contributed by atoms with E-state index >= 15 is 0 Å². The fourth-order valence-corrected chi connectivity index (χ4v) is 1.37. The first-order valence-electron chi connectivity index (χ1n) is 5.69. The summed E-state index contributed by atoms with van der Waals surface area (Å²) in [4.78, 5) is 6.27. The lowest BCUT2D eigenvalue weighted by atomic mass is 10.4. The summed E-state index contributed by atoms with van der Waals surface area (Å²) >= 11 is 0. The van der Waals surface area contributed by atoms with Crippen molar-refractivity contribution in [2.24, 2.45) is 0 Å². The summed E-state index contributed by atoms with van der Waals surface area (Å²) in [7, 11) is 4.13. The summed E-state index contributed by atoms with van der Waals surface area (Å²) in [6.45, 7) is 4.73. The summed E-state index contributed by atoms with van der Waals surface area (Å²) < 4.78 is 5.61. The van der Waals surface area contributed by atoms with Gasteiger partial charge in [0, 0.05) is 19.2 Å². The fraction of sp³-hybridized carbons (Fsp3) is 0.583. The second kappa shape index (κ2) is 7.06. The van der Waals surface area contributed by atoms with E-state index in [4.69, 9.17) is 4.74 Å². The van der Waals surface area contributed by atoms with Gasteiger partial charge in [0.2, 0.25) is 0 Å². The van der Waals surface area contributed by atoms with Crippen molar-refractivity contribution in [3.05, 3.63) is 18.5 Å². The Morgan fingerprint density at radius 1 is 1.38 bits per heavy atom. The highest BCUT2D eigenvalue weighted by molar-refractivity contribution is 5.44. The first kappa shape index (κ1) is 12.8. The maximum Gasteiger partial charge on any atom is 0.139 e. The molecule has 0 radical (unpaired) electrons. The molecule has 1 aromatic heterocycles. The zero-order chi connectivity index (χ0) is 11.8. The molecule has 1 heterocycles. The summed E-state index contributed by atoms with van der Waals surface area (Å²) in [5, 5.41) is 3.21. The van der Waals surface area contributed by atoms with Crippen molar-refractivity contribution in [1.82, 2.24) is 9.88 Å². The predicted molar refractivity (Wildman–Crippen MR) is 67.1 cm³/mol. The van der Waals surface area contributed by atoms with E-state index in [9.17, 15) is 0 Å². The Morgan fingerprint density at radius 2 is 2.19 bits per heavy atom. The van der Waals surface area contributed by atoms with E-state index < -0.39 is 0 Å². The third kappa shape index (κ3) is 4.98. The van der Waals surface area contributed by atoms with E-state index in [1.807, 2.05) is 6.07 Å². The molecule has 90 valence electrons. The molecule has 0 aliphatic heterocycles. The standard InChI is InChI=1S/C12H21N3O/c1-4-14-11-8-12(10-13-9-11)16-7-5-6-15(2)3/h8-10,14H,4-7H2,1-3H3. The molecule has 0 aliphatic carbocycles. The van der Waals surface area contributed by atoms with Gasteiger partial charge in [-0.3, -0.25) is 4.98 Å². The Balaban J connectivity index is 2.33. The maximum atomic E-state index is 5.61. The topological polar surface area (TPSA) is 37.4 Å². The van der Waals surface area contributed by atoms with Crippen molar-refractivity contribution in [2.45, 2.75) is 13.3 Å². The number of rotatable bonds is 7. The van der Waals surface area contributed by atoms with Gasteiger partial charge in [0.05, 0.1) is 24.7 Å². The molecule has 0 fully saturated rings. The maximum absolute atomic E-state index is 5.61. The number of pyridine rings is 1. The van der Waals surface area contributed by atoms with Crippen LogP contribution < -0.4 is 10.1 Å². The number of hydrogen-bond acceptors (Lipinski definition) is 4. The molecule has 0 saturated carbocycles. The smallest absolute Gasteiger partial charge is 0.139 e. The summed E-state index contributed by atoms with van der Waals surface area (Å²) in [5.74, 6) is 0.831. The van der Waals surface area contributed by atoms with Crippen LogP contribution in [0.25, 0.3) is 0 Å². The van der Waals surface area contributed by atoms with E-state index in [1.54, 1.807) is 12.4 Å². The molecule has 0 amide bonds. The Kier molecular flexibility index (Phi) is 5.64. The molecule has 4 heteroatoms. The third-order valence-corrected chi connectivity index (χ3v) is 2.11. The molecule has 1 N–H and O–H groups in total. The highest BCUT2D eigenvalue weighted by atomic mass is 16.5. The van der Waals surface area contributed by atoms with Gasteiger partial charge in [-0.1, -0.05) is 0 Å². The largest absolute Gasteiger partial charge is 0.492 e. The van der Waals surface area contributed by atoms with Crippen LogP contribution in [-0.4, -0.2) is 43.7 Å². The van der Waals surface area contributed by atoms with E-state index in [0.29, 0.717) is 0 Å². The lowest BCUT2D eigenvalue weighted by Gasteiger charge is -2.11. The quantitative estimate of drug-likeness (QED) is 0.716. The average molecular weight is 223 g/mol. The summed E-state index contributed by atoms with van der Waals surface area (Å²) in [6, 6.07) is 1.98. The number of aromatic nitrogens is 1. The van der Waals surface area contributed by atoms with Gasteiger partial charge in [-0.2, -0.15) is 0 Å². The molecule has 1 rings (SSSR count). The van der Waals surface area contributed by atoms with Crippen molar-refractivity contribution in [2.75, 3.05) is 39.1 Å². The molecule has 0 bridgehead atoms. The average Bonchev–Trinajstić information content (AvgIpc) is 2.25. The zero-order valence-corrected chi connectivity index (χ0v) is 10.4. The molecule has 4 nitrogen and oxygen atoms in total. The fourth-order valence-electron chi connectivity index (χ4n) is 1.37. The second-order valence-corrected chi connectivity index (χ2v) is 3.94. The van der Waals surface area contributed by atoms with Crippen molar-refractivity contribution in [3.63, 3.8) is 0 Å². The minimum Gasteiger partial charge on any atom is -0.492 e.